The van der Waals surface area contributed by atoms with E-state index in [4.69, 9.17) is 4.74 Å². The number of halogens is 1. The zero-order chi connectivity index (χ0) is 13.1. The molecule has 0 bridgehead atoms. The molecule has 1 aromatic heterocycles. The van der Waals surface area contributed by atoms with E-state index in [0.717, 1.165) is 6.29 Å². The molecule has 1 aromatic carbocycles. The van der Waals surface area contributed by atoms with Gasteiger partial charge in [-0.3, -0.25) is 14.9 Å². The van der Waals surface area contributed by atoms with Gasteiger partial charge in [-0.05, 0) is 6.07 Å². The summed E-state index contributed by atoms with van der Waals surface area (Å²) in [6.45, 7) is 0. The van der Waals surface area contributed by atoms with E-state index in [-0.39, 0.29) is 5.69 Å². The molecule has 0 aliphatic carbocycles. The molecule has 0 saturated heterocycles. The molecule has 1 heterocycles. The lowest BCUT2D eigenvalue weighted by Crippen LogP contribution is -1.89. The maximum atomic E-state index is 10.7. The molecule has 0 aliphatic heterocycles. The van der Waals surface area contributed by atoms with Crippen LogP contribution >= 0.6 is 27.3 Å². The first-order chi connectivity index (χ1) is 8.58. The fraction of sp³-hybridized carbons (Fsp3) is 0. The molecule has 0 spiro atoms. The second-order valence-electron chi connectivity index (χ2n) is 3.31. The average molecular weight is 328 g/mol. The van der Waals surface area contributed by atoms with E-state index in [0.29, 0.717) is 20.8 Å². The zero-order valence-corrected chi connectivity index (χ0v) is 11.2. The van der Waals surface area contributed by atoms with Gasteiger partial charge in [-0.1, -0.05) is 15.9 Å². The Morgan fingerprint density at radius 3 is 2.67 bits per heavy atom. The highest BCUT2D eigenvalue weighted by atomic mass is 79.9. The molecule has 18 heavy (non-hydrogen) atoms. The number of hydrogen-bond acceptors (Lipinski definition) is 5. The van der Waals surface area contributed by atoms with Gasteiger partial charge < -0.3 is 4.74 Å². The molecule has 0 atom stereocenters. The Bertz CT molecular complexity index is 611. The number of rotatable bonds is 4. The molecule has 0 fully saturated rings. The third-order valence-corrected chi connectivity index (χ3v) is 3.31. The van der Waals surface area contributed by atoms with Crippen LogP contribution in [0.2, 0.25) is 0 Å². The van der Waals surface area contributed by atoms with Crippen LogP contribution in [0.5, 0.6) is 11.5 Å². The van der Waals surface area contributed by atoms with Crippen LogP contribution in [0.25, 0.3) is 0 Å². The number of nitro groups is 1. The minimum atomic E-state index is -0.498. The van der Waals surface area contributed by atoms with E-state index in [2.05, 4.69) is 15.9 Å². The van der Waals surface area contributed by atoms with Crippen LogP contribution < -0.4 is 4.74 Å². The van der Waals surface area contributed by atoms with Crippen LogP contribution in [0.4, 0.5) is 5.69 Å². The summed E-state index contributed by atoms with van der Waals surface area (Å²) in [6.07, 6.45) is 0.723. The number of carbonyl (C=O) groups excluding carboxylic acids is 1. The molecule has 92 valence electrons. The second-order valence-corrected chi connectivity index (χ2v) is 5.17. The van der Waals surface area contributed by atoms with Crippen LogP contribution in [0.15, 0.2) is 34.1 Å². The lowest BCUT2D eigenvalue weighted by atomic mass is 10.3. The number of benzene rings is 1. The van der Waals surface area contributed by atoms with Crippen molar-refractivity contribution in [2.45, 2.75) is 0 Å². The van der Waals surface area contributed by atoms with Crippen molar-refractivity contribution in [2.75, 3.05) is 0 Å². The van der Waals surface area contributed by atoms with Gasteiger partial charge >= 0.3 is 0 Å². The number of hydrogen-bond donors (Lipinski definition) is 0. The summed E-state index contributed by atoms with van der Waals surface area (Å²) in [5.74, 6) is 0.820. The normalized spacial score (nSPS) is 10.1. The minimum Gasteiger partial charge on any atom is -0.456 e. The van der Waals surface area contributed by atoms with Crippen molar-refractivity contribution in [3.8, 4) is 11.5 Å². The summed E-state index contributed by atoms with van der Waals surface area (Å²) >= 11 is 4.42. The van der Waals surface area contributed by atoms with Gasteiger partial charge in [0.05, 0.1) is 15.9 Å². The van der Waals surface area contributed by atoms with Crippen molar-refractivity contribution in [3.05, 3.63) is 49.1 Å². The summed E-state index contributed by atoms with van der Waals surface area (Å²) in [5.41, 5.74) is -0.0646. The molecule has 0 saturated carbocycles. The highest BCUT2D eigenvalue weighted by molar-refractivity contribution is 9.10. The number of carbonyl (C=O) groups is 1. The third kappa shape index (κ3) is 2.93. The number of nitro benzene ring substituents is 1. The molecule has 0 unspecified atom stereocenters. The maximum Gasteiger partial charge on any atom is 0.274 e. The van der Waals surface area contributed by atoms with Crippen LogP contribution in [-0.2, 0) is 0 Å². The zero-order valence-electron chi connectivity index (χ0n) is 8.83. The predicted molar refractivity (Wildman–Crippen MR) is 70.6 cm³/mol. The Labute approximate surface area is 114 Å². The smallest absolute Gasteiger partial charge is 0.274 e. The highest BCUT2D eigenvalue weighted by Crippen LogP contribution is 2.31. The summed E-state index contributed by atoms with van der Waals surface area (Å²) in [7, 11) is 0. The second kappa shape index (κ2) is 5.28. The monoisotopic (exact) mass is 327 g/mol. The van der Waals surface area contributed by atoms with Crippen molar-refractivity contribution in [1.82, 2.24) is 0 Å². The summed E-state index contributed by atoms with van der Waals surface area (Å²) in [5, 5.41) is 12.4. The van der Waals surface area contributed by atoms with Gasteiger partial charge in [-0.15, -0.1) is 11.3 Å². The molecule has 0 amide bonds. The molecular formula is C11H6BrNO4S. The molecule has 2 rings (SSSR count). The minimum absolute atomic E-state index is 0.0646. The van der Waals surface area contributed by atoms with Gasteiger partial charge in [0.1, 0.15) is 11.5 Å². The van der Waals surface area contributed by atoms with Gasteiger partial charge in [0.25, 0.3) is 5.69 Å². The fourth-order valence-electron chi connectivity index (χ4n) is 1.30. The van der Waals surface area contributed by atoms with Crippen LogP contribution in [0.1, 0.15) is 9.67 Å². The fourth-order valence-corrected chi connectivity index (χ4v) is 2.37. The van der Waals surface area contributed by atoms with Gasteiger partial charge in [0.15, 0.2) is 6.29 Å². The summed E-state index contributed by atoms with van der Waals surface area (Å²) in [4.78, 5) is 21.3. The summed E-state index contributed by atoms with van der Waals surface area (Å²) in [6, 6.07) is 5.90. The molecule has 7 heteroatoms. The van der Waals surface area contributed by atoms with Crippen molar-refractivity contribution in [1.29, 1.82) is 0 Å². The maximum absolute atomic E-state index is 10.7. The van der Waals surface area contributed by atoms with Crippen molar-refractivity contribution >= 4 is 39.2 Å². The first kappa shape index (κ1) is 12.7. The quantitative estimate of drug-likeness (QED) is 0.483. The van der Waals surface area contributed by atoms with Crippen LogP contribution in [0.3, 0.4) is 0 Å². The SMILES string of the molecule is O=Cc1cc(Oc2cc(Br)cc([N+](=O)[O-])c2)cs1. The third-order valence-electron chi connectivity index (χ3n) is 2.01. The lowest BCUT2D eigenvalue weighted by Gasteiger charge is -2.03. The number of non-ortho nitro benzene ring substituents is 1. The first-order valence-corrected chi connectivity index (χ1v) is 6.42. The number of aldehydes is 1. The van der Waals surface area contributed by atoms with E-state index < -0.39 is 4.92 Å². The highest BCUT2D eigenvalue weighted by Gasteiger charge is 2.10. The van der Waals surface area contributed by atoms with Gasteiger partial charge in [-0.25, -0.2) is 0 Å². The van der Waals surface area contributed by atoms with Crippen molar-refractivity contribution < 1.29 is 14.5 Å². The molecule has 0 radical (unpaired) electrons. The van der Waals surface area contributed by atoms with Crippen LogP contribution in [-0.4, -0.2) is 11.2 Å². The molecule has 0 N–H and O–H groups in total. The van der Waals surface area contributed by atoms with E-state index in [1.54, 1.807) is 17.5 Å². The molecule has 5 nitrogen and oxygen atoms in total. The molecule has 2 aromatic rings. The van der Waals surface area contributed by atoms with E-state index in [1.165, 1.54) is 23.5 Å². The van der Waals surface area contributed by atoms with E-state index in [9.17, 15) is 14.9 Å². The Balaban J connectivity index is 2.28. The van der Waals surface area contributed by atoms with Gasteiger partial charge in [0, 0.05) is 22.0 Å². The topological polar surface area (TPSA) is 69.4 Å². The Morgan fingerprint density at radius 2 is 2.06 bits per heavy atom. The first-order valence-electron chi connectivity index (χ1n) is 4.75. The Morgan fingerprint density at radius 1 is 1.28 bits per heavy atom. The van der Waals surface area contributed by atoms with Gasteiger partial charge in [-0.2, -0.15) is 0 Å². The Kier molecular flexibility index (Phi) is 3.73. The average Bonchev–Trinajstić information content (AvgIpc) is 2.76. The molecular weight excluding hydrogens is 322 g/mol. The van der Waals surface area contributed by atoms with E-state index in [1.807, 2.05) is 0 Å². The lowest BCUT2D eigenvalue weighted by molar-refractivity contribution is -0.385. The van der Waals surface area contributed by atoms with Crippen molar-refractivity contribution in [2.24, 2.45) is 0 Å². The number of ether oxygens (including phenoxy) is 1. The van der Waals surface area contributed by atoms with Gasteiger partial charge in [0.2, 0.25) is 0 Å². The van der Waals surface area contributed by atoms with Crippen molar-refractivity contribution in [3.63, 3.8) is 0 Å². The van der Waals surface area contributed by atoms with Crippen LogP contribution in [0, 0.1) is 10.1 Å². The predicted octanol–water partition coefficient (Wildman–Crippen LogP) is 4.02. The molecule has 0 aliphatic rings. The Hall–Kier alpha value is -1.73. The standard InChI is InChI=1S/C11H6BrNO4S/c12-7-1-8(13(15)16)3-9(2-7)17-10-4-11(5-14)18-6-10/h1-6H. The van der Waals surface area contributed by atoms with E-state index >= 15 is 0 Å². The summed E-state index contributed by atoms with van der Waals surface area (Å²) < 4.78 is 6.00. The largest absolute Gasteiger partial charge is 0.456 e. The number of nitrogens with zero attached hydrogens (tertiary/aromatic N) is 1. The number of thiophene rings is 1.